The highest BCUT2D eigenvalue weighted by Gasteiger charge is 2.15. The van der Waals surface area contributed by atoms with Crippen molar-refractivity contribution in [2.75, 3.05) is 13.6 Å². The molecule has 0 saturated heterocycles. The standard InChI is InChI=1S/C19H22N2O3/c1-14(2)20-18(22)13-21(3)19(23)15-9-11-17(12-10-15)24-16-7-5-4-6-8-16/h4-12,14H,13H2,1-3H3,(H,20,22). The number of amides is 2. The molecule has 0 fully saturated rings. The Morgan fingerprint density at radius 3 is 2.17 bits per heavy atom. The van der Waals surface area contributed by atoms with E-state index in [-0.39, 0.29) is 24.4 Å². The molecule has 5 nitrogen and oxygen atoms in total. The Balaban J connectivity index is 1.96. The van der Waals surface area contributed by atoms with Crippen molar-refractivity contribution in [3.63, 3.8) is 0 Å². The van der Waals surface area contributed by atoms with Gasteiger partial charge >= 0.3 is 0 Å². The Morgan fingerprint density at radius 2 is 1.58 bits per heavy atom. The van der Waals surface area contributed by atoms with Gasteiger partial charge in [0.1, 0.15) is 11.5 Å². The summed E-state index contributed by atoms with van der Waals surface area (Å²) >= 11 is 0. The van der Waals surface area contributed by atoms with Crippen LogP contribution in [0, 0.1) is 0 Å². The first kappa shape index (κ1) is 17.5. The summed E-state index contributed by atoms with van der Waals surface area (Å²) in [7, 11) is 1.61. The molecule has 2 aromatic carbocycles. The number of nitrogens with one attached hydrogen (secondary N) is 1. The van der Waals surface area contributed by atoms with Crippen LogP contribution in [0.15, 0.2) is 54.6 Å². The van der Waals surface area contributed by atoms with Gasteiger partial charge in [-0.2, -0.15) is 0 Å². The summed E-state index contributed by atoms with van der Waals surface area (Å²) in [6, 6.07) is 16.3. The van der Waals surface area contributed by atoms with Crippen LogP contribution >= 0.6 is 0 Å². The van der Waals surface area contributed by atoms with Crippen molar-refractivity contribution in [1.82, 2.24) is 10.2 Å². The first-order valence-electron chi connectivity index (χ1n) is 7.83. The Hall–Kier alpha value is -2.82. The molecule has 0 spiro atoms. The number of benzene rings is 2. The second kappa shape index (κ2) is 8.15. The molecule has 24 heavy (non-hydrogen) atoms. The zero-order chi connectivity index (χ0) is 17.5. The molecule has 0 bridgehead atoms. The van der Waals surface area contributed by atoms with Crippen molar-refractivity contribution in [3.05, 3.63) is 60.2 Å². The fraction of sp³-hybridized carbons (Fsp3) is 0.263. The second-order valence-corrected chi connectivity index (χ2v) is 5.82. The Kier molecular flexibility index (Phi) is 5.95. The lowest BCUT2D eigenvalue weighted by atomic mass is 10.2. The first-order valence-corrected chi connectivity index (χ1v) is 7.83. The van der Waals surface area contributed by atoms with Crippen LogP contribution in [0.4, 0.5) is 0 Å². The Labute approximate surface area is 142 Å². The summed E-state index contributed by atoms with van der Waals surface area (Å²) < 4.78 is 5.69. The SMILES string of the molecule is CC(C)NC(=O)CN(C)C(=O)c1ccc(Oc2ccccc2)cc1. The maximum absolute atomic E-state index is 12.3. The summed E-state index contributed by atoms with van der Waals surface area (Å²) in [5.41, 5.74) is 0.509. The lowest BCUT2D eigenvalue weighted by molar-refractivity contribution is -0.122. The lowest BCUT2D eigenvalue weighted by Crippen LogP contribution is -2.40. The third-order valence-electron chi connectivity index (χ3n) is 3.26. The van der Waals surface area contributed by atoms with E-state index in [1.165, 1.54) is 4.90 Å². The summed E-state index contributed by atoms with van der Waals surface area (Å²) in [6.45, 7) is 3.79. The van der Waals surface area contributed by atoms with E-state index in [0.717, 1.165) is 5.75 Å². The van der Waals surface area contributed by atoms with Crippen LogP contribution in [-0.4, -0.2) is 36.3 Å². The van der Waals surface area contributed by atoms with Gasteiger partial charge in [0, 0.05) is 18.7 Å². The van der Waals surface area contributed by atoms with Crippen LogP contribution < -0.4 is 10.1 Å². The Morgan fingerprint density at radius 1 is 1.00 bits per heavy atom. The number of para-hydroxylation sites is 1. The molecule has 0 aromatic heterocycles. The normalized spacial score (nSPS) is 10.3. The number of carbonyl (C=O) groups is 2. The highest BCUT2D eigenvalue weighted by molar-refractivity contribution is 5.96. The van der Waals surface area contributed by atoms with Gasteiger partial charge in [-0.1, -0.05) is 18.2 Å². The molecule has 0 aliphatic carbocycles. The summed E-state index contributed by atoms with van der Waals surface area (Å²) in [4.78, 5) is 25.5. The number of hydrogen-bond acceptors (Lipinski definition) is 3. The van der Waals surface area contributed by atoms with Crippen LogP contribution in [0.25, 0.3) is 0 Å². The number of hydrogen-bond donors (Lipinski definition) is 1. The molecule has 5 heteroatoms. The van der Waals surface area contributed by atoms with E-state index >= 15 is 0 Å². The fourth-order valence-corrected chi connectivity index (χ4v) is 2.17. The van der Waals surface area contributed by atoms with Crippen LogP contribution in [-0.2, 0) is 4.79 Å². The van der Waals surface area contributed by atoms with Gasteiger partial charge < -0.3 is 15.0 Å². The fourth-order valence-electron chi connectivity index (χ4n) is 2.17. The topological polar surface area (TPSA) is 58.6 Å². The molecular weight excluding hydrogens is 304 g/mol. The number of carbonyl (C=O) groups excluding carboxylic acids is 2. The Bertz CT molecular complexity index is 682. The van der Waals surface area contributed by atoms with Crippen LogP contribution in [0.2, 0.25) is 0 Å². The zero-order valence-corrected chi connectivity index (χ0v) is 14.2. The van der Waals surface area contributed by atoms with E-state index < -0.39 is 0 Å². The monoisotopic (exact) mass is 326 g/mol. The van der Waals surface area contributed by atoms with Gasteiger partial charge in [-0.15, -0.1) is 0 Å². The van der Waals surface area contributed by atoms with Crippen LogP contribution in [0.5, 0.6) is 11.5 Å². The number of likely N-dealkylation sites (N-methyl/N-ethyl adjacent to an activating group) is 1. The molecule has 2 rings (SSSR count). The van der Waals surface area contributed by atoms with E-state index in [2.05, 4.69) is 5.32 Å². The molecule has 1 N–H and O–H groups in total. The third-order valence-corrected chi connectivity index (χ3v) is 3.26. The molecule has 2 amide bonds. The summed E-state index contributed by atoms with van der Waals surface area (Å²) in [6.07, 6.45) is 0. The molecule has 0 aliphatic rings. The maximum Gasteiger partial charge on any atom is 0.254 e. The molecule has 126 valence electrons. The van der Waals surface area contributed by atoms with E-state index in [4.69, 9.17) is 4.74 Å². The molecule has 2 aromatic rings. The van der Waals surface area contributed by atoms with E-state index in [0.29, 0.717) is 11.3 Å². The number of nitrogens with zero attached hydrogens (tertiary/aromatic N) is 1. The van der Waals surface area contributed by atoms with Crippen molar-refractivity contribution in [1.29, 1.82) is 0 Å². The van der Waals surface area contributed by atoms with Gasteiger partial charge in [0.2, 0.25) is 5.91 Å². The molecular formula is C19H22N2O3. The van der Waals surface area contributed by atoms with Gasteiger partial charge in [0.25, 0.3) is 5.91 Å². The zero-order valence-electron chi connectivity index (χ0n) is 14.2. The van der Waals surface area contributed by atoms with Crippen molar-refractivity contribution in [2.45, 2.75) is 19.9 Å². The molecule has 0 aliphatic heterocycles. The first-order chi connectivity index (χ1) is 11.5. The highest BCUT2D eigenvalue weighted by Crippen LogP contribution is 2.21. The molecule has 0 saturated carbocycles. The molecule has 0 radical (unpaired) electrons. The van der Waals surface area contributed by atoms with Gasteiger partial charge in [-0.25, -0.2) is 0 Å². The predicted molar refractivity (Wildman–Crippen MR) is 93.2 cm³/mol. The van der Waals surface area contributed by atoms with Crippen LogP contribution in [0.1, 0.15) is 24.2 Å². The quantitative estimate of drug-likeness (QED) is 0.887. The van der Waals surface area contributed by atoms with Gasteiger partial charge in [0.15, 0.2) is 0 Å². The average molecular weight is 326 g/mol. The smallest absolute Gasteiger partial charge is 0.254 e. The van der Waals surface area contributed by atoms with Crippen molar-refractivity contribution < 1.29 is 14.3 Å². The average Bonchev–Trinajstić information content (AvgIpc) is 2.55. The number of ether oxygens (including phenoxy) is 1. The third kappa shape index (κ3) is 5.12. The number of rotatable bonds is 6. The van der Waals surface area contributed by atoms with Crippen LogP contribution in [0.3, 0.4) is 0 Å². The minimum atomic E-state index is -0.208. The van der Waals surface area contributed by atoms with E-state index in [1.54, 1.807) is 31.3 Å². The second-order valence-electron chi connectivity index (χ2n) is 5.82. The molecule has 0 atom stereocenters. The van der Waals surface area contributed by atoms with Crippen molar-refractivity contribution in [2.24, 2.45) is 0 Å². The van der Waals surface area contributed by atoms with Gasteiger partial charge in [-0.3, -0.25) is 9.59 Å². The van der Waals surface area contributed by atoms with Crippen molar-refractivity contribution >= 4 is 11.8 Å². The lowest BCUT2D eigenvalue weighted by Gasteiger charge is -2.18. The largest absolute Gasteiger partial charge is 0.457 e. The molecule has 0 heterocycles. The van der Waals surface area contributed by atoms with Gasteiger partial charge in [0.05, 0.1) is 6.54 Å². The minimum Gasteiger partial charge on any atom is -0.457 e. The summed E-state index contributed by atoms with van der Waals surface area (Å²) in [5.74, 6) is 1.00. The van der Waals surface area contributed by atoms with Crippen molar-refractivity contribution in [3.8, 4) is 11.5 Å². The maximum atomic E-state index is 12.3. The van der Waals surface area contributed by atoms with Gasteiger partial charge in [-0.05, 0) is 50.2 Å². The predicted octanol–water partition coefficient (Wildman–Crippen LogP) is 3.08. The van der Waals surface area contributed by atoms with E-state index in [9.17, 15) is 9.59 Å². The molecule has 0 unspecified atom stereocenters. The van der Waals surface area contributed by atoms with E-state index in [1.807, 2.05) is 44.2 Å². The highest BCUT2D eigenvalue weighted by atomic mass is 16.5. The minimum absolute atomic E-state index is 0.0271. The summed E-state index contributed by atoms with van der Waals surface area (Å²) in [5, 5.41) is 2.76.